The Bertz CT molecular complexity index is 1390. The predicted octanol–water partition coefficient (Wildman–Crippen LogP) is 5.36. The SMILES string of the molecule is COc1ccc2nccc(CC(NC(=O)OC(C)(C)C)C3CCC(NCc4ccc5c(c4)NC(=O)CO5)CC3)c2c1. The molecule has 0 spiro atoms. The van der Waals surface area contributed by atoms with Gasteiger partial charge >= 0.3 is 6.09 Å². The van der Waals surface area contributed by atoms with Crippen molar-refractivity contribution in [1.82, 2.24) is 15.6 Å². The van der Waals surface area contributed by atoms with Gasteiger partial charge in [-0.25, -0.2) is 4.79 Å². The van der Waals surface area contributed by atoms with Gasteiger partial charge in [-0.3, -0.25) is 9.78 Å². The molecule has 9 nitrogen and oxygen atoms in total. The van der Waals surface area contributed by atoms with E-state index in [4.69, 9.17) is 14.2 Å². The van der Waals surface area contributed by atoms with E-state index in [0.29, 0.717) is 30.7 Å². The van der Waals surface area contributed by atoms with Crippen molar-refractivity contribution in [3.63, 3.8) is 0 Å². The molecule has 5 rings (SSSR count). The fraction of sp³-hybridized carbons (Fsp3) is 0.469. The van der Waals surface area contributed by atoms with E-state index in [-0.39, 0.29) is 24.6 Å². The molecule has 3 N–H and O–H groups in total. The highest BCUT2D eigenvalue weighted by atomic mass is 16.6. The molecule has 0 bridgehead atoms. The maximum absolute atomic E-state index is 12.9. The van der Waals surface area contributed by atoms with Crippen LogP contribution in [0.3, 0.4) is 0 Å². The zero-order chi connectivity index (χ0) is 29.0. The summed E-state index contributed by atoms with van der Waals surface area (Å²) in [6.07, 6.45) is 6.10. The fourth-order valence-electron chi connectivity index (χ4n) is 5.75. The van der Waals surface area contributed by atoms with Crippen LogP contribution < -0.4 is 25.4 Å². The molecule has 3 aromatic rings. The second-order valence-corrected chi connectivity index (χ2v) is 12.0. The Morgan fingerprint density at radius 1 is 1.12 bits per heavy atom. The van der Waals surface area contributed by atoms with Gasteiger partial charge in [-0.05, 0) is 106 Å². The van der Waals surface area contributed by atoms with Crippen molar-refractivity contribution < 1.29 is 23.8 Å². The van der Waals surface area contributed by atoms with Crippen LogP contribution in [-0.4, -0.2) is 48.4 Å². The summed E-state index contributed by atoms with van der Waals surface area (Å²) in [7, 11) is 1.66. The summed E-state index contributed by atoms with van der Waals surface area (Å²) in [5.41, 5.74) is 3.28. The number of methoxy groups -OCH3 is 1. The van der Waals surface area contributed by atoms with E-state index < -0.39 is 5.60 Å². The van der Waals surface area contributed by atoms with Crippen LogP contribution in [0.4, 0.5) is 10.5 Å². The number of carbonyl (C=O) groups is 2. The number of nitrogens with one attached hydrogen (secondary N) is 3. The van der Waals surface area contributed by atoms with Crippen LogP contribution in [0.15, 0.2) is 48.7 Å². The molecule has 9 heteroatoms. The van der Waals surface area contributed by atoms with E-state index in [1.165, 1.54) is 0 Å². The van der Waals surface area contributed by atoms with Gasteiger partial charge in [-0.15, -0.1) is 0 Å². The summed E-state index contributed by atoms with van der Waals surface area (Å²) in [4.78, 5) is 29.1. The minimum Gasteiger partial charge on any atom is -0.497 e. The number of aromatic nitrogens is 1. The molecule has 0 radical (unpaired) electrons. The number of anilines is 1. The number of ether oxygens (including phenoxy) is 3. The number of nitrogens with zero attached hydrogens (tertiary/aromatic N) is 1. The van der Waals surface area contributed by atoms with Crippen LogP contribution in [-0.2, 0) is 22.5 Å². The lowest BCUT2D eigenvalue weighted by atomic mass is 9.79. The molecule has 0 saturated heterocycles. The number of pyridine rings is 1. The number of hydrogen-bond donors (Lipinski definition) is 3. The molecule has 218 valence electrons. The molecule has 1 aliphatic heterocycles. The van der Waals surface area contributed by atoms with Gasteiger partial charge < -0.3 is 30.2 Å². The normalized spacial score (nSPS) is 19.5. The van der Waals surface area contributed by atoms with E-state index in [1.54, 1.807) is 7.11 Å². The van der Waals surface area contributed by atoms with E-state index in [1.807, 2.05) is 69.4 Å². The summed E-state index contributed by atoms with van der Waals surface area (Å²) in [5, 5.41) is 10.8. The number of fused-ring (bicyclic) bond motifs is 2. The molecule has 1 atom stereocenters. The van der Waals surface area contributed by atoms with E-state index >= 15 is 0 Å². The highest BCUT2D eigenvalue weighted by Crippen LogP contribution is 2.32. The highest BCUT2D eigenvalue weighted by Gasteiger charge is 2.31. The van der Waals surface area contributed by atoms with Crippen molar-refractivity contribution in [3.05, 3.63) is 59.8 Å². The monoisotopic (exact) mass is 560 g/mol. The van der Waals surface area contributed by atoms with Crippen LogP contribution in [0.1, 0.15) is 57.6 Å². The Hall–Kier alpha value is -3.85. The molecule has 2 amide bonds. The third-order valence-electron chi connectivity index (χ3n) is 7.79. The number of alkyl carbamates (subject to hydrolysis) is 1. The smallest absolute Gasteiger partial charge is 0.407 e. The van der Waals surface area contributed by atoms with Gasteiger partial charge in [0.2, 0.25) is 0 Å². The van der Waals surface area contributed by atoms with Crippen molar-refractivity contribution >= 4 is 28.6 Å². The minimum absolute atomic E-state index is 0.0587. The molecule has 1 aromatic heterocycles. The largest absolute Gasteiger partial charge is 0.497 e. The van der Waals surface area contributed by atoms with Crippen molar-refractivity contribution in [2.75, 3.05) is 19.0 Å². The lowest BCUT2D eigenvalue weighted by Gasteiger charge is -2.35. The van der Waals surface area contributed by atoms with Gasteiger partial charge in [0.05, 0.1) is 18.3 Å². The zero-order valence-corrected chi connectivity index (χ0v) is 24.3. The number of benzene rings is 2. The summed E-state index contributed by atoms with van der Waals surface area (Å²) in [5.74, 6) is 1.67. The lowest BCUT2D eigenvalue weighted by molar-refractivity contribution is -0.118. The lowest BCUT2D eigenvalue weighted by Crippen LogP contribution is -2.46. The first-order valence-corrected chi connectivity index (χ1v) is 14.4. The standard InChI is InChI=1S/C32H40N4O5/c1-32(2,3)41-31(38)36-27(16-22-13-14-33-26-11-10-24(39-4)17-25(22)26)21-6-8-23(9-7-21)34-18-20-5-12-29-28(15-20)35-30(37)19-40-29/h5,10-15,17,21,23,27,34H,6-9,16,18-19H2,1-4H3,(H,35,37)(H,36,38). The Labute approximate surface area is 241 Å². The highest BCUT2D eigenvalue weighted by molar-refractivity contribution is 5.95. The van der Waals surface area contributed by atoms with Gasteiger partial charge in [-0.2, -0.15) is 0 Å². The van der Waals surface area contributed by atoms with Gasteiger partial charge in [0.25, 0.3) is 5.91 Å². The van der Waals surface area contributed by atoms with Gasteiger partial charge in [0.15, 0.2) is 6.61 Å². The Kier molecular flexibility index (Phi) is 8.63. The van der Waals surface area contributed by atoms with Crippen LogP contribution in [0, 0.1) is 5.92 Å². The molecule has 1 aliphatic carbocycles. The number of carbonyl (C=O) groups excluding carboxylic acids is 2. The fourth-order valence-corrected chi connectivity index (χ4v) is 5.75. The molecule has 2 heterocycles. The topological polar surface area (TPSA) is 111 Å². The second kappa shape index (κ2) is 12.3. The first kappa shape index (κ1) is 28.7. The molecule has 1 saturated carbocycles. The van der Waals surface area contributed by atoms with Crippen molar-refractivity contribution in [1.29, 1.82) is 0 Å². The molecular weight excluding hydrogens is 520 g/mol. The average Bonchev–Trinajstić information content (AvgIpc) is 2.94. The van der Waals surface area contributed by atoms with Crippen molar-refractivity contribution in [2.45, 2.75) is 77.1 Å². The number of amides is 2. The van der Waals surface area contributed by atoms with Crippen LogP contribution in [0.25, 0.3) is 10.9 Å². The molecule has 2 aromatic carbocycles. The number of hydrogen-bond acceptors (Lipinski definition) is 7. The quantitative estimate of drug-likeness (QED) is 0.340. The molecule has 1 fully saturated rings. The van der Waals surface area contributed by atoms with Crippen molar-refractivity contribution in [3.8, 4) is 11.5 Å². The Balaban J connectivity index is 1.25. The Morgan fingerprint density at radius 2 is 1.93 bits per heavy atom. The van der Waals surface area contributed by atoms with E-state index in [2.05, 4.69) is 20.9 Å². The maximum atomic E-state index is 12.9. The molecular formula is C32H40N4O5. The van der Waals surface area contributed by atoms with Gasteiger partial charge in [0, 0.05) is 30.2 Å². The predicted molar refractivity (Wildman–Crippen MR) is 158 cm³/mol. The summed E-state index contributed by atoms with van der Waals surface area (Å²) in [6, 6.07) is 14.1. The van der Waals surface area contributed by atoms with E-state index in [0.717, 1.165) is 59.2 Å². The molecule has 41 heavy (non-hydrogen) atoms. The summed E-state index contributed by atoms with van der Waals surface area (Å²) < 4.78 is 16.6. The van der Waals surface area contributed by atoms with Crippen molar-refractivity contribution in [2.24, 2.45) is 5.92 Å². The van der Waals surface area contributed by atoms with Crippen LogP contribution in [0.2, 0.25) is 0 Å². The molecule has 2 aliphatic rings. The number of rotatable bonds is 8. The Morgan fingerprint density at radius 3 is 2.68 bits per heavy atom. The van der Waals surface area contributed by atoms with Gasteiger partial charge in [0.1, 0.15) is 17.1 Å². The zero-order valence-electron chi connectivity index (χ0n) is 24.3. The van der Waals surface area contributed by atoms with E-state index in [9.17, 15) is 9.59 Å². The van der Waals surface area contributed by atoms with Crippen LogP contribution in [0.5, 0.6) is 11.5 Å². The van der Waals surface area contributed by atoms with Crippen LogP contribution >= 0.6 is 0 Å². The third kappa shape index (κ3) is 7.47. The molecule has 1 unspecified atom stereocenters. The first-order chi connectivity index (χ1) is 19.7. The summed E-state index contributed by atoms with van der Waals surface area (Å²) >= 11 is 0. The minimum atomic E-state index is -0.571. The maximum Gasteiger partial charge on any atom is 0.407 e. The average molecular weight is 561 g/mol. The third-order valence-corrected chi connectivity index (χ3v) is 7.79. The van der Waals surface area contributed by atoms with Gasteiger partial charge in [-0.1, -0.05) is 6.07 Å². The second-order valence-electron chi connectivity index (χ2n) is 12.0. The first-order valence-electron chi connectivity index (χ1n) is 14.4. The summed E-state index contributed by atoms with van der Waals surface area (Å²) in [6.45, 7) is 6.41.